The second kappa shape index (κ2) is 10.2. The molecule has 1 aromatic carbocycles. The molecule has 146 valence electrons. The summed E-state index contributed by atoms with van der Waals surface area (Å²) in [6.45, 7) is 2.40. The van der Waals surface area contributed by atoms with E-state index in [1.807, 2.05) is 19.1 Å². The number of hydroxylamine groups is 1. The Bertz CT molecular complexity index is 779. The Morgan fingerprint density at radius 2 is 2.04 bits per heavy atom. The summed E-state index contributed by atoms with van der Waals surface area (Å²) in [6.07, 6.45) is 1.68. The van der Waals surface area contributed by atoms with Gasteiger partial charge in [-0.2, -0.15) is 0 Å². The molecule has 0 spiro atoms. The third-order valence-electron chi connectivity index (χ3n) is 3.62. The molecule has 8 N–H and O–H groups in total. The van der Waals surface area contributed by atoms with E-state index < -0.39 is 11.9 Å². The molecule has 0 bridgehead atoms. The third-order valence-corrected chi connectivity index (χ3v) is 5.54. The van der Waals surface area contributed by atoms with Crippen molar-refractivity contribution in [3.63, 3.8) is 0 Å². The summed E-state index contributed by atoms with van der Waals surface area (Å²) in [6, 6.07) is 9.57. The van der Waals surface area contributed by atoms with Crippen LogP contribution in [0.5, 0.6) is 5.75 Å². The van der Waals surface area contributed by atoms with Crippen molar-refractivity contribution in [2.45, 2.75) is 23.6 Å². The number of nitrogens with two attached hydrogens (primary N) is 2. The lowest BCUT2D eigenvalue weighted by Crippen LogP contribution is -2.48. The van der Waals surface area contributed by atoms with Crippen molar-refractivity contribution >= 4 is 29.2 Å². The van der Waals surface area contributed by atoms with Gasteiger partial charge in [0.05, 0.1) is 4.21 Å². The highest BCUT2D eigenvalue weighted by molar-refractivity contribution is 7.99. The van der Waals surface area contributed by atoms with Crippen LogP contribution >= 0.6 is 23.3 Å². The fraction of sp³-hybridized carbons (Fsp3) is 0.235. The van der Waals surface area contributed by atoms with E-state index in [4.69, 9.17) is 16.8 Å². The zero-order chi connectivity index (χ0) is 19.8. The Hall–Kier alpha value is -2.24. The van der Waals surface area contributed by atoms with Crippen LogP contribution in [0, 0.1) is 6.92 Å². The van der Waals surface area contributed by atoms with E-state index in [0.717, 1.165) is 14.8 Å². The standard InChI is InChI=1S/C17H23N5O3S2/c1-11-2-7-16(26-11)27-20-9-13(18)10-22(19)15(17(24)21-25)8-12-3-5-14(23)6-4-12/h2-7,10,15,20,23,25H,8-9,18-19H2,1H3,(H,21,24)/b13-10-/t15-/m0/s1. The number of nitrogens with one attached hydrogen (secondary N) is 2. The number of hydrogen-bond acceptors (Lipinski definition) is 9. The number of carbonyl (C=O) groups excluding carboxylic acids is 1. The first-order valence-corrected chi connectivity index (χ1v) is 9.69. The van der Waals surface area contributed by atoms with Crippen molar-refractivity contribution in [3.8, 4) is 5.75 Å². The Labute approximate surface area is 165 Å². The van der Waals surface area contributed by atoms with Crippen molar-refractivity contribution in [3.05, 3.63) is 58.7 Å². The molecule has 2 aromatic rings. The lowest BCUT2D eigenvalue weighted by molar-refractivity contribution is -0.134. The van der Waals surface area contributed by atoms with Crippen LogP contribution < -0.4 is 21.8 Å². The molecule has 0 saturated carbocycles. The van der Waals surface area contributed by atoms with Crippen molar-refractivity contribution in [2.24, 2.45) is 11.6 Å². The number of phenolic OH excluding ortho intramolecular Hbond substituents is 1. The van der Waals surface area contributed by atoms with E-state index in [2.05, 4.69) is 4.72 Å². The lowest BCUT2D eigenvalue weighted by Gasteiger charge is -2.25. The zero-order valence-electron chi connectivity index (χ0n) is 14.8. The number of amides is 1. The van der Waals surface area contributed by atoms with Crippen LogP contribution in [0.1, 0.15) is 10.4 Å². The number of aryl methyl sites for hydroxylation is 1. The molecule has 0 aliphatic rings. The van der Waals surface area contributed by atoms with Gasteiger partial charge in [0, 0.05) is 29.7 Å². The molecule has 8 nitrogen and oxygen atoms in total. The molecule has 0 aliphatic carbocycles. The smallest absolute Gasteiger partial charge is 0.267 e. The Morgan fingerprint density at radius 3 is 2.63 bits per heavy atom. The molecule has 1 atom stereocenters. The van der Waals surface area contributed by atoms with Crippen LogP contribution in [0.2, 0.25) is 0 Å². The van der Waals surface area contributed by atoms with Gasteiger partial charge in [0.1, 0.15) is 11.8 Å². The quantitative estimate of drug-likeness (QED) is 0.158. The molecule has 1 heterocycles. The minimum Gasteiger partial charge on any atom is -0.508 e. The molecule has 2 rings (SSSR count). The van der Waals surface area contributed by atoms with E-state index in [-0.39, 0.29) is 12.2 Å². The SMILES string of the molecule is Cc1ccc(SNC/C(N)=C/N(N)[C@@H](Cc2ccc(O)cc2)C(=O)NO)s1. The van der Waals surface area contributed by atoms with Gasteiger partial charge in [-0.25, -0.2) is 11.3 Å². The highest BCUT2D eigenvalue weighted by atomic mass is 32.2. The van der Waals surface area contributed by atoms with Crippen LogP contribution in [0.3, 0.4) is 0 Å². The summed E-state index contributed by atoms with van der Waals surface area (Å²) in [7, 11) is 0. The number of rotatable bonds is 9. The van der Waals surface area contributed by atoms with Gasteiger partial charge in [0.25, 0.3) is 5.91 Å². The molecule has 0 fully saturated rings. The number of thiophene rings is 1. The number of phenols is 1. The topological polar surface area (TPSA) is 137 Å². The minimum absolute atomic E-state index is 0.125. The van der Waals surface area contributed by atoms with Gasteiger partial charge in [-0.15, -0.1) is 11.3 Å². The highest BCUT2D eigenvalue weighted by Gasteiger charge is 2.22. The van der Waals surface area contributed by atoms with E-state index in [9.17, 15) is 9.90 Å². The van der Waals surface area contributed by atoms with Crippen LogP contribution in [-0.2, 0) is 11.2 Å². The van der Waals surface area contributed by atoms with E-state index in [1.165, 1.54) is 35.2 Å². The molecular weight excluding hydrogens is 386 g/mol. The number of hydrogen-bond donors (Lipinski definition) is 6. The van der Waals surface area contributed by atoms with Gasteiger partial charge in [-0.05, 0) is 48.7 Å². The molecule has 10 heteroatoms. The number of carbonyl (C=O) groups is 1. The molecule has 27 heavy (non-hydrogen) atoms. The monoisotopic (exact) mass is 409 g/mol. The van der Waals surface area contributed by atoms with Gasteiger partial charge >= 0.3 is 0 Å². The van der Waals surface area contributed by atoms with E-state index in [1.54, 1.807) is 28.9 Å². The summed E-state index contributed by atoms with van der Waals surface area (Å²) < 4.78 is 4.25. The van der Waals surface area contributed by atoms with Crippen LogP contribution in [0.4, 0.5) is 0 Å². The lowest BCUT2D eigenvalue weighted by atomic mass is 10.0. The van der Waals surface area contributed by atoms with Crippen molar-refractivity contribution < 1.29 is 15.1 Å². The van der Waals surface area contributed by atoms with Crippen molar-refractivity contribution in [2.75, 3.05) is 6.54 Å². The summed E-state index contributed by atoms with van der Waals surface area (Å²) >= 11 is 3.14. The second-order valence-corrected chi connectivity index (χ2v) is 8.28. The van der Waals surface area contributed by atoms with Gasteiger partial charge in [0.2, 0.25) is 0 Å². The maximum absolute atomic E-state index is 12.0. The first-order chi connectivity index (χ1) is 12.9. The number of aromatic hydroxyl groups is 1. The number of benzene rings is 1. The Kier molecular flexibility index (Phi) is 7.95. The first-order valence-electron chi connectivity index (χ1n) is 8.06. The average Bonchev–Trinajstić information content (AvgIpc) is 3.05. The van der Waals surface area contributed by atoms with Crippen LogP contribution in [0.15, 0.2) is 52.5 Å². The average molecular weight is 410 g/mol. The summed E-state index contributed by atoms with van der Waals surface area (Å²) in [5.41, 5.74) is 8.80. The number of hydrazine groups is 1. The number of nitrogens with zero attached hydrogens (tertiary/aromatic N) is 1. The largest absolute Gasteiger partial charge is 0.508 e. The zero-order valence-corrected chi connectivity index (χ0v) is 16.4. The molecule has 0 saturated heterocycles. The predicted octanol–water partition coefficient (Wildman–Crippen LogP) is 1.45. The second-order valence-electron chi connectivity index (χ2n) is 5.80. The van der Waals surface area contributed by atoms with Crippen LogP contribution in [0.25, 0.3) is 0 Å². The van der Waals surface area contributed by atoms with Gasteiger partial charge < -0.3 is 15.8 Å². The predicted molar refractivity (Wildman–Crippen MR) is 107 cm³/mol. The molecular formula is C17H23N5O3S2. The fourth-order valence-electron chi connectivity index (χ4n) is 2.25. The maximum atomic E-state index is 12.0. The molecule has 0 aliphatic heterocycles. The molecule has 0 radical (unpaired) electrons. The molecule has 1 amide bonds. The fourth-order valence-corrected chi connectivity index (χ4v) is 4.09. The summed E-state index contributed by atoms with van der Waals surface area (Å²) in [4.78, 5) is 13.2. The Morgan fingerprint density at radius 1 is 1.33 bits per heavy atom. The van der Waals surface area contributed by atoms with E-state index >= 15 is 0 Å². The minimum atomic E-state index is -0.870. The Balaban J connectivity index is 1.96. The first kappa shape index (κ1) is 21.1. The molecule has 0 unspecified atom stereocenters. The van der Waals surface area contributed by atoms with Crippen LogP contribution in [-0.4, -0.2) is 33.8 Å². The maximum Gasteiger partial charge on any atom is 0.267 e. The van der Waals surface area contributed by atoms with Gasteiger partial charge in [0.15, 0.2) is 0 Å². The van der Waals surface area contributed by atoms with E-state index in [0.29, 0.717) is 12.2 Å². The van der Waals surface area contributed by atoms with Crippen molar-refractivity contribution in [1.29, 1.82) is 0 Å². The third kappa shape index (κ3) is 6.77. The van der Waals surface area contributed by atoms with Gasteiger partial charge in [-0.1, -0.05) is 12.1 Å². The normalized spacial score (nSPS) is 12.6. The highest BCUT2D eigenvalue weighted by Crippen LogP contribution is 2.24. The van der Waals surface area contributed by atoms with Gasteiger partial charge in [-0.3, -0.25) is 14.7 Å². The summed E-state index contributed by atoms with van der Waals surface area (Å²) in [5.74, 6) is 5.45. The summed E-state index contributed by atoms with van der Waals surface area (Å²) in [5, 5.41) is 19.5. The molecule has 1 aromatic heterocycles. The van der Waals surface area contributed by atoms with Crippen molar-refractivity contribution in [1.82, 2.24) is 15.2 Å².